The average molecular weight is 180 g/mol. The van der Waals surface area contributed by atoms with E-state index in [9.17, 15) is 4.79 Å². The summed E-state index contributed by atoms with van der Waals surface area (Å²) in [5, 5.41) is 5.78. The van der Waals surface area contributed by atoms with Gasteiger partial charge >= 0.3 is 0 Å². The minimum Gasteiger partial charge on any atom is -0.352 e. The number of carbonyl (C=O) groups excluding carboxylic acids is 1. The van der Waals surface area contributed by atoms with E-state index in [-0.39, 0.29) is 5.91 Å². The van der Waals surface area contributed by atoms with Gasteiger partial charge in [-0.05, 0) is 25.7 Å². The first kappa shape index (κ1) is 10.1. The third-order valence-electron chi connectivity index (χ3n) is 2.23. The molecule has 0 spiro atoms. The van der Waals surface area contributed by atoms with E-state index in [4.69, 9.17) is 6.42 Å². The molecule has 0 heterocycles. The van der Waals surface area contributed by atoms with Gasteiger partial charge in [0.2, 0.25) is 5.91 Å². The highest BCUT2D eigenvalue weighted by Crippen LogP contribution is 2.32. The van der Waals surface area contributed by atoms with Gasteiger partial charge in [0.15, 0.2) is 0 Å². The summed E-state index contributed by atoms with van der Waals surface area (Å²) in [6.07, 6.45) is 7.53. The van der Waals surface area contributed by atoms with Gasteiger partial charge in [-0.25, -0.2) is 0 Å². The van der Waals surface area contributed by atoms with E-state index >= 15 is 0 Å². The molecule has 13 heavy (non-hydrogen) atoms. The van der Waals surface area contributed by atoms with E-state index in [0.717, 1.165) is 0 Å². The Bertz CT molecular complexity index is 215. The lowest BCUT2D eigenvalue weighted by atomic mass is 10.2. The summed E-state index contributed by atoms with van der Waals surface area (Å²) in [5.74, 6) is 3.16. The van der Waals surface area contributed by atoms with Gasteiger partial charge in [0.1, 0.15) is 0 Å². The molecule has 1 amide bonds. The molecule has 0 aromatic rings. The zero-order valence-corrected chi connectivity index (χ0v) is 7.97. The Balaban J connectivity index is 2.06. The van der Waals surface area contributed by atoms with Gasteiger partial charge in [0.05, 0.1) is 13.1 Å². The van der Waals surface area contributed by atoms with Crippen LogP contribution in [0.15, 0.2) is 0 Å². The van der Waals surface area contributed by atoms with Gasteiger partial charge in [-0.3, -0.25) is 10.1 Å². The molecule has 0 aromatic carbocycles. The predicted octanol–water partition coefficient (Wildman–Crippen LogP) is 0.124. The Kier molecular flexibility index (Phi) is 3.78. The molecule has 1 fully saturated rings. The summed E-state index contributed by atoms with van der Waals surface area (Å²) in [5.41, 5.74) is 0. The SMILES string of the molecule is C#CCNCC(=O)NC(C)C1CC1. The molecule has 0 aliphatic heterocycles. The molecule has 1 rings (SSSR count). The highest BCUT2D eigenvalue weighted by Gasteiger charge is 2.28. The number of amides is 1. The van der Waals surface area contributed by atoms with Crippen LogP contribution in [0.25, 0.3) is 0 Å². The third-order valence-corrected chi connectivity index (χ3v) is 2.23. The Morgan fingerprint density at radius 3 is 2.92 bits per heavy atom. The zero-order chi connectivity index (χ0) is 9.68. The fourth-order valence-electron chi connectivity index (χ4n) is 1.27. The number of rotatable bonds is 5. The van der Waals surface area contributed by atoms with Crippen molar-refractivity contribution in [2.45, 2.75) is 25.8 Å². The van der Waals surface area contributed by atoms with Gasteiger partial charge in [-0.15, -0.1) is 6.42 Å². The van der Waals surface area contributed by atoms with Crippen molar-refractivity contribution < 1.29 is 4.79 Å². The minimum absolute atomic E-state index is 0.0367. The summed E-state index contributed by atoms with van der Waals surface area (Å²) in [6.45, 7) is 2.82. The molecule has 2 N–H and O–H groups in total. The first-order chi connectivity index (χ1) is 6.24. The standard InChI is InChI=1S/C10H16N2O/c1-3-6-11-7-10(13)12-8(2)9-4-5-9/h1,8-9,11H,4-7H2,2H3,(H,12,13). The summed E-state index contributed by atoms with van der Waals surface area (Å²) in [4.78, 5) is 11.2. The van der Waals surface area contributed by atoms with Crippen LogP contribution >= 0.6 is 0 Å². The molecule has 0 aromatic heterocycles. The number of hydrogen-bond acceptors (Lipinski definition) is 2. The highest BCUT2D eigenvalue weighted by molar-refractivity contribution is 5.78. The Labute approximate surface area is 79.3 Å². The maximum absolute atomic E-state index is 11.2. The molecule has 0 bridgehead atoms. The number of nitrogens with one attached hydrogen (secondary N) is 2. The molecule has 1 aliphatic rings. The first-order valence-electron chi connectivity index (χ1n) is 4.67. The van der Waals surface area contributed by atoms with Crippen LogP contribution in [0.4, 0.5) is 0 Å². The smallest absolute Gasteiger partial charge is 0.234 e. The number of carbonyl (C=O) groups is 1. The van der Waals surface area contributed by atoms with E-state index in [0.29, 0.717) is 25.0 Å². The van der Waals surface area contributed by atoms with Crippen molar-refractivity contribution >= 4 is 5.91 Å². The second-order valence-corrected chi connectivity index (χ2v) is 3.50. The molecule has 72 valence electrons. The summed E-state index contributed by atoms with van der Waals surface area (Å²) < 4.78 is 0. The lowest BCUT2D eigenvalue weighted by Gasteiger charge is -2.12. The molecule has 1 unspecified atom stereocenters. The monoisotopic (exact) mass is 180 g/mol. The largest absolute Gasteiger partial charge is 0.352 e. The topological polar surface area (TPSA) is 41.1 Å². The minimum atomic E-state index is 0.0367. The summed E-state index contributed by atoms with van der Waals surface area (Å²) >= 11 is 0. The molecule has 3 heteroatoms. The van der Waals surface area contributed by atoms with Crippen LogP contribution in [0.3, 0.4) is 0 Å². The van der Waals surface area contributed by atoms with Crippen molar-refractivity contribution in [3.05, 3.63) is 0 Å². The first-order valence-corrected chi connectivity index (χ1v) is 4.67. The van der Waals surface area contributed by atoms with Crippen LogP contribution in [0, 0.1) is 18.3 Å². The third kappa shape index (κ3) is 3.95. The molecule has 0 radical (unpaired) electrons. The van der Waals surface area contributed by atoms with Crippen LogP contribution in [-0.4, -0.2) is 25.0 Å². The summed E-state index contributed by atoms with van der Waals surface area (Å²) in [7, 11) is 0. The van der Waals surface area contributed by atoms with Gasteiger partial charge in [0.25, 0.3) is 0 Å². The van der Waals surface area contributed by atoms with Crippen molar-refractivity contribution in [1.29, 1.82) is 0 Å². The van der Waals surface area contributed by atoms with Crippen molar-refractivity contribution in [2.75, 3.05) is 13.1 Å². The van der Waals surface area contributed by atoms with Crippen LogP contribution in [-0.2, 0) is 4.79 Å². The maximum atomic E-state index is 11.2. The second-order valence-electron chi connectivity index (χ2n) is 3.50. The van der Waals surface area contributed by atoms with Gasteiger partial charge in [-0.1, -0.05) is 5.92 Å². The number of terminal acetylenes is 1. The van der Waals surface area contributed by atoms with Crippen LogP contribution in [0.5, 0.6) is 0 Å². The fraction of sp³-hybridized carbons (Fsp3) is 0.700. The molecule has 1 atom stereocenters. The average Bonchev–Trinajstić information content (AvgIpc) is 2.86. The van der Waals surface area contributed by atoms with E-state index < -0.39 is 0 Å². The zero-order valence-electron chi connectivity index (χ0n) is 7.97. The second kappa shape index (κ2) is 4.88. The van der Waals surface area contributed by atoms with E-state index in [1.54, 1.807) is 0 Å². The van der Waals surface area contributed by atoms with Crippen molar-refractivity contribution in [3.8, 4) is 12.3 Å². The Morgan fingerprint density at radius 1 is 1.69 bits per heavy atom. The molecule has 1 aliphatic carbocycles. The van der Waals surface area contributed by atoms with Crippen molar-refractivity contribution in [2.24, 2.45) is 5.92 Å². The molecule has 3 nitrogen and oxygen atoms in total. The van der Waals surface area contributed by atoms with Gasteiger partial charge in [-0.2, -0.15) is 0 Å². The quantitative estimate of drug-likeness (QED) is 0.466. The number of hydrogen-bond donors (Lipinski definition) is 2. The van der Waals surface area contributed by atoms with E-state index in [1.807, 2.05) is 0 Å². The van der Waals surface area contributed by atoms with E-state index in [2.05, 4.69) is 23.5 Å². The maximum Gasteiger partial charge on any atom is 0.234 e. The summed E-state index contributed by atoms with van der Waals surface area (Å²) in [6, 6.07) is 0.320. The lowest BCUT2D eigenvalue weighted by molar-refractivity contribution is -0.120. The van der Waals surface area contributed by atoms with E-state index in [1.165, 1.54) is 12.8 Å². The van der Waals surface area contributed by atoms with Crippen molar-refractivity contribution in [3.63, 3.8) is 0 Å². The highest BCUT2D eigenvalue weighted by atomic mass is 16.1. The molecular weight excluding hydrogens is 164 g/mol. The lowest BCUT2D eigenvalue weighted by Crippen LogP contribution is -2.40. The molecular formula is C10H16N2O. The normalized spacial score (nSPS) is 17.5. The van der Waals surface area contributed by atoms with Crippen molar-refractivity contribution in [1.82, 2.24) is 10.6 Å². The van der Waals surface area contributed by atoms with Crippen LogP contribution in [0.1, 0.15) is 19.8 Å². The molecule has 1 saturated carbocycles. The van der Waals surface area contributed by atoms with Crippen LogP contribution in [0.2, 0.25) is 0 Å². The molecule has 0 saturated heterocycles. The predicted molar refractivity (Wildman–Crippen MR) is 52.0 cm³/mol. The van der Waals surface area contributed by atoms with Gasteiger partial charge < -0.3 is 5.32 Å². The van der Waals surface area contributed by atoms with Gasteiger partial charge in [0, 0.05) is 6.04 Å². The Morgan fingerprint density at radius 2 is 2.38 bits per heavy atom. The fourth-order valence-corrected chi connectivity index (χ4v) is 1.27. The van der Waals surface area contributed by atoms with Crippen LogP contribution < -0.4 is 10.6 Å². The Hall–Kier alpha value is -1.01.